The summed E-state index contributed by atoms with van der Waals surface area (Å²) in [6.07, 6.45) is -0.746. The predicted molar refractivity (Wildman–Crippen MR) is 108 cm³/mol. The summed E-state index contributed by atoms with van der Waals surface area (Å²) in [6, 6.07) is 7.52. The third kappa shape index (κ3) is 5.74. The van der Waals surface area contributed by atoms with Gasteiger partial charge in [-0.3, -0.25) is 9.69 Å². The third-order valence-electron chi connectivity index (χ3n) is 4.40. The summed E-state index contributed by atoms with van der Waals surface area (Å²) < 4.78 is 4.08. The molecule has 0 saturated carbocycles. The van der Waals surface area contributed by atoms with Crippen molar-refractivity contribution in [2.24, 2.45) is 0 Å². The number of hydrogen-bond acceptors (Lipinski definition) is 3. The molecule has 1 saturated heterocycles. The summed E-state index contributed by atoms with van der Waals surface area (Å²) in [7, 11) is 0. The minimum absolute atomic E-state index is 0.00317. The number of halogens is 3. The molecule has 0 spiro atoms. The zero-order valence-electron chi connectivity index (χ0n) is 15.9. The number of amides is 1. The lowest BCUT2D eigenvalue weighted by Crippen LogP contribution is -2.60. The Kier molecular flexibility index (Phi) is 6.90. The van der Waals surface area contributed by atoms with Crippen molar-refractivity contribution in [3.8, 4) is 0 Å². The third-order valence-corrected chi connectivity index (χ3v) is 5.02. The fourth-order valence-electron chi connectivity index (χ4n) is 3.14. The molecular weight excluding hydrogens is 395 g/mol. The SMILES string of the molecule is C[C@@H]1CN([C@@H](NC(=O)c2ccc(C(C)(C)C)cc2)C(Cl)(Cl)Cl)C[C@H](C)O1. The highest BCUT2D eigenvalue weighted by Gasteiger charge is 2.41. The molecule has 0 aromatic heterocycles. The average Bonchev–Trinajstić information content (AvgIpc) is 2.49. The van der Waals surface area contributed by atoms with Gasteiger partial charge in [0.05, 0.1) is 12.2 Å². The number of morpholine rings is 1. The maximum atomic E-state index is 12.7. The van der Waals surface area contributed by atoms with E-state index in [1.54, 1.807) is 12.1 Å². The molecule has 1 aromatic carbocycles. The van der Waals surface area contributed by atoms with Gasteiger partial charge in [0.15, 0.2) is 0 Å². The lowest BCUT2D eigenvalue weighted by molar-refractivity contribution is -0.0826. The fraction of sp³-hybridized carbons (Fsp3) is 0.632. The van der Waals surface area contributed by atoms with Crippen LogP contribution in [-0.2, 0) is 10.2 Å². The van der Waals surface area contributed by atoms with Crippen LogP contribution in [0.5, 0.6) is 0 Å². The molecule has 1 N–H and O–H groups in total. The van der Waals surface area contributed by atoms with Gasteiger partial charge in [0.25, 0.3) is 5.91 Å². The second-order valence-corrected chi connectivity index (χ2v) is 10.3. The van der Waals surface area contributed by atoms with E-state index >= 15 is 0 Å². The number of carbonyl (C=O) groups excluding carboxylic acids is 1. The number of benzene rings is 1. The smallest absolute Gasteiger partial charge is 0.252 e. The van der Waals surface area contributed by atoms with E-state index in [2.05, 4.69) is 26.1 Å². The highest BCUT2D eigenvalue weighted by atomic mass is 35.6. The summed E-state index contributed by atoms with van der Waals surface area (Å²) in [5.41, 5.74) is 1.71. The van der Waals surface area contributed by atoms with Crippen LogP contribution in [0.1, 0.15) is 50.5 Å². The topological polar surface area (TPSA) is 41.6 Å². The second-order valence-electron chi connectivity index (χ2n) is 7.96. The van der Waals surface area contributed by atoms with Crippen molar-refractivity contribution >= 4 is 40.7 Å². The Morgan fingerprint density at radius 2 is 1.62 bits per heavy atom. The van der Waals surface area contributed by atoms with Crippen LogP contribution in [-0.4, -0.2) is 46.1 Å². The number of nitrogens with zero attached hydrogens (tertiary/aromatic N) is 1. The van der Waals surface area contributed by atoms with Gasteiger partial charge in [-0.15, -0.1) is 0 Å². The first-order valence-corrected chi connectivity index (χ1v) is 9.89. The van der Waals surface area contributed by atoms with E-state index in [9.17, 15) is 4.79 Å². The zero-order valence-corrected chi connectivity index (χ0v) is 18.1. The Hall–Kier alpha value is -0.520. The Bertz CT molecular complexity index is 613. The molecule has 1 aromatic rings. The van der Waals surface area contributed by atoms with Crippen LogP contribution < -0.4 is 5.32 Å². The number of ether oxygens (including phenoxy) is 1. The summed E-state index contributed by atoms with van der Waals surface area (Å²) in [5.74, 6) is -0.270. The van der Waals surface area contributed by atoms with Gasteiger partial charge in [-0.25, -0.2) is 0 Å². The quantitative estimate of drug-likeness (QED) is 0.730. The molecule has 1 fully saturated rings. The maximum Gasteiger partial charge on any atom is 0.252 e. The predicted octanol–water partition coefficient (Wildman–Crippen LogP) is 4.52. The van der Waals surface area contributed by atoms with Crippen molar-refractivity contribution in [3.05, 3.63) is 35.4 Å². The normalized spacial score (nSPS) is 23.5. The largest absolute Gasteiger partial charge is 0.373 e. The molecule has 1 heterocycles. The molecule has 1 amide bonds. The van der Waals surface area contributed by atoms with Gasteiger partial charge in [-0.05, 0) is 37.0 Å². The second kappa shape index (κ2) is 8.24. The Morgan fingerprint density at radius 3 is 2.04 bits per heavy atom. The van der Waals surface area contributed by atoms with Crippen LogP contribution >= 0.6 is 34.8 Å². The van der Waals surface area contributed by atoms with E-state index in [1.807, 2.05) is 30.9 Å². The molecule has 7 heteroatoms. The minimum Gasteiger partial charge on any atom is -0.373 e. The van der Waals surface area contributed by atoms with Crippen LogP contribution in [0.25, 0.3) is 0 Å². The molecule has 1 aliphatic rings. The molecule has 3 atom stereocenters. The van der Waals surface area contributed by atoms with Crippen molar-refractivity contribution in [2.45, 2.75) is 62.2 Å². The molecule has 0 unspecified atom stereocenters. The van der Waals surface area contributed by atoms with Crippen molar-refractivity contribution in [1.82, 2.24) is 10.2 Å². The van der Waals surface area contributed by atoms with Crippen molar-refractivity contribution in [1.29, 1.82) is 0 Å². The van der Waals surface area contributed by atoms with Gasteiger partial charge in [-0.1, -0.05) is 67.7 Å². The molecule has 4 nitrogen and oxygen atoms in total. The Morgan fingerprint density at radius 1 is 1.12 bits per heavy atom. The first kappa shape index (κ1) is 21.8. The van der Waals surface area contributed by atoms with E-state index in [0.29, 0.717) is 18.7 Å². The molecule has 26 heavy (non-hydrogen) atoms. The average molecular weight is 422 g/mol. The van der Waals surface area contributed by atoms with Crippen LogP contribution in [0.4, 0.5) is 0 Å². The van der Waals surface area contributed by atoms with E-state index in [1.165, 1.54) is 0 Å². The highest BCUT2D eigenvalue weighted by Crippen LogP contribution is 2.33. The molecule has 2 rings (SSSR count). The van der Waals surface area contributed by atoms with Gasteiger partial charge < -0.3 is 10.1 Å². The van der Waals surface area contributed by atoms with Crippen molar-refractivity contribution < 1.29 is 9.53 Å². The summed E-state index contributed by atoms with van der Waals surface area (Å²) >= 11 is 18.5. The van der Waals surface area contributed by atoms with Gasteiger partial charge in [0.2, 0.25) is 3.79 Å². The Labute approximate surface area is 171 Å². The number of alkyl halides is 3. The van der Waals surface area contributed by atoms with Gasteiger partial charge in [-0.2, -0.15) is 0 Å². The van der Waals surface area contributed by atoms with Gasteiger partial charge in [0.1, 0.15) is 6.17 Å². The van der Waals surface area contributed by atoms with Crippen molar-refractivity contribution in [2.75, 3.05) is 13.1 Å². The lowest BCUT2D eigenvalue weighted by atomic mass is 9.87. The number of carbonyl (C=O) groups is 1. The molecule has 1 aliphatic heterocycles. The number of nitrogens with one attached hydrogen (secondary N) is 1. The highest BCUT2D eigenvalue weighted by molar-refractivity contribution is 6.68. The van der Waals surface area contributed by atoms with Gasteiger partial charge in [0, 0.05) is 18.7 Å². The lowest BCUT2D eigenvalue weighted by Gasteiger charge is -2.42. The molecular formula is C19H27Cl3N2O2. The molecule has 146 valence electrons. The summed E-state index contributed by atoms with van der Waals surface area (Å²) in [6.45, 7) is 11.5. The van der Waals surface area contributed by atoms with Crippen LogP contribution in [0.15, 0.2) is 24.3 Å². The van der Waals surface area contributed by atoms with Crippen LogP contribution in [0.2, 0.25) is 0 Å². The van der Waals surface area contributed by atoms with Crippen LogP contribution in [0, 0.1) is 0 Å². The molecule has 0 aliphatic carbocycles. The minimum atomic E-state index is -1.65. The first-order chi connectivity index (χ1) is 11.9. The Balaban J connectivity index is 2.16. The monoisotopic (exact) mass is 420 g/mol. The van der Waals surface area contributed by atoms with E-state index < -0.39 is 9.96 Å². The van der Waals surface area contributed by atoms with Crippen molar-refractivity contribution in [3.63, 3.8) is 0 Å². The molecule has 0 bridgehead atoms. The maximum absolute atomic E-state index is 12.7. The van der Waals surface area contributed by atoms with E-state index in [-0.39, 0.29) is 23.5 Å². The summed E-state index contributed by atoms with van der Waals surface area (Å²) in [4.78, 5) is 14.7. The first-order valence-electron chi connectivity index (χ1n) is 8.75. The standard InChI is InChI=1S/C19H27Cl3N2O2/c1-12-10-24(11-13(2)26-12)17(19(20,21)22)23-16(25)14-6-8-15(9-7-14)18(3,4)5/h6-9,12-13,17H,10-11H2,1-5H3,(H,23,25)/t12-,13+,17-/m1/s1. The number of hydrogen-bond donors (Lipinski definition) is 1. The summed E-state index contributed by atoms with van der Waals surface area (Å²) in [5, 5.41) is 2.88. The number of rotatable bonds is 3. The van der Waals surface area contributed by atoms with E-state index in [4.69, 9.17) is 39.5 Å². The van der Waals surface area contributed by atoms with E-state index in [0.717, 1.165) is 5.56 Å². The molecule has 0 radical (unpaired) electrons. The van der Waals surface area contributed by atoms with Crippen LogP contribution in [0.3, 0.4) is 0 Å². The zero-order chi connectivity index (χ0) is 19.7. The van der Waals surface area contributed by atoms with Gasteiger partial charge >= 0.3 is 0 Å². The fourth-order valence-corrected chi connectivity index (χ4v) is 3.72.